The van der Waals surface area contributed by atoms with Gasteiger partial charge in [-0.3, -0.25) is 14.9 Å². The second-order valence-electron chi connectivity index (χ2n) is 7.03. The number of hydrogen-bond donors (Lipinski definition) is 2. The van der Waals surface area contributed by atoms with Gasteiger partial charge < -0.3 is 5.32 Å². The molecule has 1 aromatic carbocycles. The number of nitrogens with one attached hydrogen (secondary N) is 2. The van der Waals surface area contributed by atoms with E-state index >= 15 is 0 Å². The number of aromatic nitrogens is 4. The molecule has 2 heterocycles. The van der Waals surface area contributed by atoms with E-state index in [1.807, 2.05) is 18.2 Å². The van der Waals surface area contributed by atoms with Gasteiger partial charge in [-0.05, 0) is 37.3 Å². The monoisotopic (exact) mass is 428 g/mol. The molecule has 1 aliphatic rings. The van der Waals surface area contributed by atoms with Crippen LogP contribution in [0.25, 0.3) is 0 Å². The first-order chi connectivity index (χ1) is 14.1. The van der Waals surface area contributed by atoms with Gasteiger partial charge in [0.05, 0.1) is 0 Å². The molecule has 1 fully saturated rings. The van der Waals surface area contributed by atoms with Crippen LogP contribution in [0.5, 0.6) is 0 Å². The molecule has 8 nitrogen and oxygen atoms in total. The van der Waals surface area contributed by atoms with Gasteiger partial charge in [0.15, 0.2) is 0 Å². The highest BCUT2D eigenvalue weighted by Gasteiger charge is 2.29. The lowest BCUT2D eigenvalue weighted by Crippen LogP contribution is -2.11. The van der Waals surface area contributed by atoms with Crippen LogP contribution >= 0.6 is 22.7 Å². The van der Waals surface area contributed by atoms with Gasteiger partial charge in [0.1, 0.15) is 10.0 Å². The maximum atomic E-state index is 12.2. The molecule has 0 spiro atoms. The zero-order chi connectivity index (χ0) is 20.2. The fraction of sp³-hybridized carbons (Fsp3) is 0.368. The Morgan fingerprint density at radius 2 is 1.76 bits per heavy atom. The van der Waals surface area contributed by atoms with E-state index in [-0.39, 0.29) is 11.8 Å². The van der Waals surface area contributed by atoms with Gasteiger partial charge >= 0.3 is 0 Å². The SMILES string of the molecule is CC(=O)Nc1nnc([C@H]2CC[C@@H](Cc3nnc(NC(=O)c4ccccc4)s3)C2)s1. The molecule has 10 heteroatoms. The lowest BCUT2D eigenvalue weighted by Gasteiger charge is -2.06. The van der Waals surface area contributed by atoms with Crippen molar-refractivity contribution in [1.82, 2.24) is 20.4 Å². The Morgan fingerprint density at radius 1 is 1.00 bits per heavy atom. The van der Waals surface area contributed by atoms with E-state index in [1.165, 1.54) is 29.6 Å². The van der Waals surface area contributed by atoms with Crippen molar-refractivity contribution in [2.75, 3.05) is 10.6 Å². The van der Waals surface area contributed by atoms with E-state index in [9.17, 15) is 9.59 Å². The first-order valence-electron chi connectivity index (χ1n) is 9.36. The molecule has 2 amide bonds. The van der Waals surface area contributed by atoms with Crippen molar-refractivity contribution in [3.63, 3.8) is 0 Å². The van der Waals surface area contributed by atoms with Crippen molar-refractivity contribution in [2.24, 2.45) is 5.92 Å². The molecule has 0 unspecified atom stereocenters. The van der Waals surface area contributed by atoms with Crippen LogP contribution < -0.4 is 10.6 Å². The van der Waals surface area contributed by atoms with Gasteiger partial charge in [0, 0.05) is 24.8 Å². The van der Waals surface area contributed by atoms with Crippen molar-refractivity contribution in [3.05, 3.63) is 45.9 Å². The highest BCUT2D eigenvalue weighted by atomic mass is 32.1. The summed E-state index contributed by atoms with van der Waals surface area (Å²) in [6.45, 7) is 1.46. The molecule has 1 aliphatic carbocycles. The summed E-state index contributed by atoms with van der Waals surface area (Å²) in [5.41, 5.74) is 0.596. The van der Waals surface area contributed by atoms with Crippen LogP contribution in [0.15, 0.2) is 30.3 Å². The van der Waals surface area contributed by atoms with Crippen LogP contribution in [-0.4, -0.2) is 32.2 Å². The van der Waals surface area contributed by atoms with Crippen LogP contribution in [0.3, 0.4) is 0 Å². The first-order valence-corrected chi connectivity index (χ1v) is 11.0. The molecule has 2 aromatic heterocycles. The molecule has 3 aromatic rings. The van der Waals surface area contributed by atoms with Crippen LogP contribution in [0.1, 0.15) is 52.5 Å². The number of anilines is 2. The van der Waals surface area contributed by atoms with Crippen molar-refractivity contribution in [3.8, 4) is 0 Å². The standard InChI is InChI=1S/C19H20N6O2S2/c1-11(26)20-18-25-23-17(29-18)14-8-7-12(9-14)10-15-22-24-19(28-15)21-16(27)13-5-3-2-4-6-13/h2-6,12,14H,7-10H2,1H3,(H,20,25,26)(H,21,24,27)/t12-,14+/m1/s1. The average Bonchev–Trinajstić information content (AvgIpc) is 3.44. The zero-order valence-corrected chi connectivity index (χ0v) is 17.4. The molecular formula is C19H20N6O2S2. The predicted molar refractivity (Wildman–Crippen MR) is 112 cm³/mol. The number of rotatable bonds is 6. The number of carbonyl (C=O) groups excluding carboxylic acids is 2. The Bertz CT molecular complexity index is 1000. The Morgan fingerprint density at radius 3 is 2.55 bits per heavy atom. The molecule has 0 saturated heterocycles. The molecule has 2 atom stereocenters. The molecule has 2 N–H and O–H groups in total. The molecule has 1 saturated carbocycles. The van der Waals surface area contributed by atoms with Gasteiger partial charge in [-0.1, -0.05) is 40.9 Å². The third-order valence-electron chi connectivity index (χ3n) is 4.80. The second-order valence-corrected chi connectivity index (χ2v) is 9.10. The van der Waals surface area contributed by atoms with Crippen LogP contribution in [0.2, 0.25) is 0 Å². The molecule has 29 heavy (non-hydrogen) atoms. The summed E-state index contributed by atoms with van der Waals surface area (Å²) >= 11 is 2.87. The topological polar surface area (TPSA) is 110 Å². The van der Waals surface area contributed by atoms with Crippen LogP contribution in [0.4, 0.5) is 10.3 Å². The fourth-order valence-electron chi connectivity index (χ4n) is 3.48. The van der Waals surface area contributed by atoms with E-state index in [0.717, 1.165) is 35.7 Å². The number of benzene rings is 1. The highest BCUT2D eigenvalue weighted by molar-refractivity contribution is 7.15. The maximum Gasteiger partial charge on any atom is 0.257 e. The number of carbonyl (C=O) groups is 2. The van der Waals surface area contributed by atoms with Crippen molar-refractivity contribution >= 4 is 44.8 Å². The lowest BCUT2D eigenvalue weighted by atomic mass is 10.0. The van der Waals surface area contributed by atoms with E-state index in [2.05, 4.69) is 31.0 Å². The molecule has 0 aliphatic heterocycles. The number of nitrogens with zero attached hydrogens (tertiary/aromatic N) is 4. The predicted octanol–water partition coefficient (Wildman–Crippen LogP) is 3.73. The van der Waals surface area contributed by atoms with Gasteiger partial charge in [-0.25, -0.2) is 0 Å². The Labute approximate surface area is 175 Å². The Kier molecular flexibility index (Phi) is 5.91. The first kappa shape index (κ1) is 19.6. The molecular weight excluding hydrogens is 408 g/mol. The van der Waals surface area contributed by atoms with Crippen molar-refractivity contribution in [1.29, 1.82) is 0 Å². The Balaban J connectivity index is 1.31. The van der Waals surface area contributed by atoms with Gasteiger partial charge in [0.2, 0.25) is 16.2 Å². The van der Waals surface area contributed by atoms with E-state index in [1.54, 1.807) is 12.1 Å². The summed E-state index contributed by atoms with van der Waals surface area (Å²) < 4.78 is 0. The summed E-state index contributed by atoms with van der Waals surface area (Å²) in [5, 5.41) is 25.1. The van der Waals surface area contributed by atoms with Crippen LogP contribution in [0, 0.1) is 5.92 Å². The third-order valence-corrected chi connectivity index (χ3v) is 6.66. The van der Waals surface area contributed by atoms with E-state index < -0.39 is 0 Å². The fourth-order valence-corrected chi connectivity index (χ4v) is 5.26. The lowest BCUT2D eigenvalue weighted by molar-refractivity contribution is -0.114. The molecule has 0 bridgehead atoms. The van der Waals surface area contributed by atoms with Gasteiger partial charge in [-0.15, -0.1) is 20.4 Å². The quantitative estimate of drug-likeness (QED) is 0.619. The van der Waals surface area contributed by atoms with Gasteiger partial charge in [0.25, 0.3) is 5.91 Å². The molecule has 0 radical (unpaired) electrons. The third kappa shape index (κ3) is 5.01. The molecule has 4 rings (SSSR count). The number of hydrogen-bond acceptors (Lipinski definition) is 8. The van der Waals surface area contributed by atoms with Crippen molar-refractivity contribution < 1.29 is 9.59 Å². The minimum absolute atomic E-state index is 0.136. The van der Waals surface area contributed by atoms with E-state index in [0.29, 0.717) is 27.7 Å². The van der Waals surface area contributed by atoms with Crippen LogP contribution in [-0.2, 0) is 11.2 Å². The normalized spacial score (nSPS) is 18.5. The van der Waals surface area contributed by atoms with E-state index in [4.69, 9.17) is 0 Å². The summed E-state index contributed by atoms with van der Waals surface area (Å²) in [6, 6.07) is 9.06. The smallest absolute Gasteiger partial charge is 0.257 e. The maximum absolute atomic E-state index is 12.2. The largest absolute Gasteiger partial charge is 0.301 e. The summed E-state index contributed by atoms with van der Waals surface area (Å²) in [7, 11) is 0. The zero-order valence-electron chi connectivity index (χ0n) is 15.8. The van der Waals surface area contributed by atoms with Gasteiger partial charge in [-0.2, -0.15) is 0 Å². The highest BCUT2D eigenvalue weighted by Crippen LogP contribution is 2.41. The second kappa shape index (κ2) is 8.75. The summed E-state index contributed by atoms with van der Waals surface area (Å²) in [4.78, 5) is 23.4. The Hall–Kier alpha value is -2.72. The molecule has 150 valence electrons. The summed E-state index contributed by atoms with van der Waals surface area (Å²) in [6.07, 6.45) is 3.99. The average molecular weight is 429 g/mol. The summed E-state index contributed by atoms with van der Waals surface area (Å²) in [5.74, 6) is 0.549. The number of amides is 2. The minimum atomic E-state index is -0.180. The minimum Gasteiger partial charge on any atom is -0.301 e. The van der Waals surface area contributed by atoms with Crippen molar-refractivity contribution in [2.45, 2.75) is 38.5 Å².